The lowest BCUT2D eigenvalue weighted by Gasteiger charge is -2.22. The summed E-state index contributed by atoms with van der Waals surface area (Å²) in [6, 6.07) is 6.27. The Kier molecular flexibility index (Phi) is 3.40. The van der Waals surface area contributed by atoms with Crippen LogP contribution in [0, 0.1) is 0 Å². The summed E-state index contributed by atoms with van der Waals surface area (Å²) in [6.45, 7) is 4.34. The predicted molar refractivity (Wildman–Crippen MR) is 76.4 cm³/mol. The van der Waals surface area contributed by atoms with E-state index < -0.39 is 0 Å². The van der Waals surface area contributed by atoms with Crippen LogP contribution in [0.15, 0.2) is 41.3 Å². The summed E-state index contributed by atoms with van der Waals surface area (Å²) in [6.07, 6.45) is 7.86. The molecule has 0 amide bonds. The molecule has 1 aliphatic rings. The highest BCUT2D eigenvalue weighted by Crippen LogP contribution is 2.29. The zero-order valence-electron chi connectivity index (χ0n) is 11.2. The van der Waals surface area contributed by atoms with Gasteiger partial charge < -0.3 is 14.6 Å². The van der Waals surface area contributed by atoms with Gasteiger partial charge in [0.25, 0.3) is 0 Å². The third kappa shape index (κ3) is 2.57. The van der Waals surface area contributed by atoms with E-state index in [0.29, 0.717) is 0 Å². The molecule has 3 rings (SSSR count). The topological polar surface area (TPSA) is 41.3 Å². The van der Waals surface area contributed by atoms with Gasteiger partial charge in [0, 0.05) is 24.8 Å². The Labute approximate surface area is 113 Å². The molecule has 4 heteroatoms. The van der Waals surface area contributed by atoms with E-state index in [1.165, 1.54) is 12.8 Å². The number of nitrogens with one attached hydrogen (secondary N) is 1. The third-order valence-electron chi connectivity index (χ3n) is 3.61. The van der Waals surface area contributed by atoms with E-state index in [4.69, 9.17) is 4.42 Å². The zero-order valence-corrected chi connectivity index (χ0v) is 11.2. The minimum atomic E-state index is 0.212. The number of anilines is 2. The van der Waals surface area contributed by atoms with Crippen molar-refractivity contribution in [2.45, 2.75) is 25.8 Å². The van der Waals surface area contributed by atoms with Crippen molar-refractivity contribution in [2.75, 3.05) is 23.3 Å². The molecule has 0 saturated carbocycles. The molecule has 1 N–H and O–H groups in total. The maximum atomic E-state index is 5.14. The van der Waals surface area contributed by atoms with Crippen LogP contribution in [0.1, 0.15) is 31.4 Å². The van der Waals surface area contributed by atoms with Crippen LogP contribution in [-0.2, 0) is 0 Å². The van der Waals surface area contributed by atoms with Gasteiger partial charge in [-0.25, -0.2) is 4.98 Å². The Morgan fingerprint density at radius 2 is 2.16 bits per heavy atom. The molecule has 0 aliphatic carbocycles. The molecule has 2 aromatic rings. The predicted octanol–water partition coefficient (Wildman–Crippen LogP) is 3.45. The fourth-order valence-corrected chi connectivity index (χ4v) is 2.53. The smallest absolute Gasteiger partial charge is 0.151 e. The monoisotopic (exact) mass is 257 g/mol. The number of hydrogen-bond acceptors (Lipinski definition) is 4. The summed E-state index contributed by atoms with van der Waals surface area (Å²) in [5, 5.41) is 3.53. The molecule has 1 saturated heterocycles. The van der Waals surface area contributed by atoms with Crippen molar-refractivity contribution in [1.82, 2.24) is 4.98 Å². The van der Waals surface area contributed by atoms with Crippen molar-refractivity contribution in [3.8, 4) is 0 Å². The second kappa shape index (κ2) is 5.34. The van der Waals surface area contributed by atoms with Gasteiger partial charge in [0.05, 0.1) is 24.3 Å². The van der Waals surface area contributed by atoms with Gasteiger partial charge in [-0.3, -0.25) is 0 Å². The second-order valence-corrected chi connectivity index (χ2v) is 4.99. The molecule has 100 valence electrons. The van der Waals surface area contributed by atoms with E-state index in [9.17, 15) is 0 Å². The molecule has 2 aromatic heterocycles. The average molecular weight is 257 g/mol. The number of rotatable bonds is 4. The summed E-state index contributed by atoms with van der Waals surface area (Å²) in [5.74, 6) is 1.07. The molecule has 1 atom stereocenters. The number of pyridine rings is 1. The minimum Gasteiger partial charge on any atom is -0.472 e. The molecule has 4 nitrogen and oxygen atoms in total. The van der Waals surface area contributed by atoms with E-state index in [-0.39, 0.29) is 6.04 Å². The van der Waals surface area contributed by atoms with Gasteiger partial charge in [-0.05, 0) is 38.0 Å². The Morgan fingerprint density at radius 3 is 2.89 bits per heavy atom. The number of aromatic nitrogens is 1. The molecule has 1 unspecified atom stereocenters. The first-order chi connectivity index (χ1) is 9.34. The van der Waals surface area contributed by atoms with E-state index in [1.54, 1.807) is 12.5 Å². The van der Waals surface area contributed by atoms with Crippen LogP contribution < -0.4 is 10.2 Å². The lowest BCUT2D eigenvalue weighted by molar-refractivity contribution is 0.562. The summed E-state index contributed by atoms with van der Waals surface area (Å²) >= 11 is 0. The molecule has 0 aromatic carbocycles. The van der Waals surface area contributed by atoms with Crippen LogP contribution in [0.2, 0.25) is 0 Å². The first-order valence-corrected chi connectivity index (χ1v) is 6.83. The van der Waals surface area contributed by atoms with Crippen LogP contribution in [-0.4, -0.2) is 18.1 Å². The van der Waals surface area contributed by atoms with Gasteiger partial charge in [-0.15, -0.1) is 0 Å². The lowest BCUT2D eigenvalue weighted by atomic mass is 10.2. The van der Waals surface area contributed by atoms with Crippen LogP contribution in [0.4, 0.5) is 11.5 Å². The number of hydrogen-bond donors (Lipinski definition) is 1. The van der Waals surface area contributed by atoms with Crippen molar-refractivity contribution in [2.24, 2.45) is 0 Å². The summed E-state index contributed by atoms with van der Waals surface area (Å²) in [5.41, 5.74) is 2.24. The number of furan rings is 1. The fourth-order valence-electron chi connectivity index (χ4n) is 2.53. The molecular formula is C15H19N3O. The SMILES string of the molecule is CC(Nc1cccnc1N1CCCC1)c1ccoc1. The van der Waals surface area contributed by atoms with Crippen LogP contribution in [0.25, 0.3) is 0 Å². The van der Waals surface area contributed by atoms with Crippen molar-refractivity contribution >= 4 is 11.5 Å². The van der Waals surface area contributed by atoms with Crippen LogP contribution >= 0.6 is 0 Å². The van der Waals surface area contributed by atoms with E-state index in [1.807, 2.05) is 18.3 Å². The first kappa shape index (κ1) is 12.1. The Bertz CT molecular complexity index is 518. The maximum absolute atomic E-state index is 5.14. The van der Waals surface area contributed by atoms with Crippen molar-refractivity contribution in [3.05, 3.63) is 42.5 Å². The number of nitrogens with zero attached hydrogens (tertiary/aromatic N) is 2. The molecule has 19 heavy (non-hydrogen) atoms. The highest BCUT2D eigenvalue weighted by molar-refractivity contribution is 5.66. The average Bonchev–Trinajstić information content (AvgIpc) is 3.13. The molecular weight excluding hydrogens is 238 g/mol. The lowest BCUT2D eigenvalue weighted by Crippen LogP contribution is -2.21. The van der Waals surface area contributed by atoms with Crippen LogP contribution in [0.5, 0.6) is 0 Å². The van der Waals surface area contributed by atoms with Gasteiger partial charge in [-0.1, -0.05) is 0 Å². The van der Waals surface area contributed by atoms with Crippen molar-refractivity contribution in [1.29, 1.82) is 0 Å². The third-order valence-corrected chi connectivity index (χ3v) is 3.61. The summed E-state index contributed by atoms with van der Waals surface area (Å²) in [4.78, 5) is 6.89. The Morgan fingerprint density at radius 1 is 1.32 bits per heavy atom. The van der Waals surface area contributed by atoms with Gasteiger partial charge in [-0.2, -0.15) is 0 Å². The van der Waals surface area contributed by atoms with Gasteiger partial charge >= 0.3 is 0 Å². The highest BCUT2D eigenvalue weighted by atomic mass is 16.3. The fraction of sp³-hybridized carbons (Fsp3) is 0.400. The maximum Gasteiger partial charge on any atom is 0.151 e. The van der Waals surface area contributed by atoms with Crippen molar-refractivity contribution in [3.63, 3.8) is 0 Å². The van der Waals surface area contributed by atoms with Gasteiger partial charge in [0.1, 0.15) is 0 Å². The zero-order chi connectivity index (χ0) is 13.1. The van der Waals surface area contributed by atoms with Crippen LogP contribution in [0.3, 0.4) is 0 Å². The van der Waals surface area contributed by atoms with E-state index in [0.717, 1.165) is 30.2 Å². The molecule has 1 aliphatic heterocycles. The standard InChI is InChI=1S/C15H19N3O/c1-12(13-6-10-19-11-13)17-14-5-4-7-16-15(14)18-8-2-3-9-18/h4-7,10-12,17H,2-3,8-9H2,1H3. The summed E-state index contributed by atoms with van der Waals surface area (Å²) < 4.78 is 5.14. The first-order valence-electron chi connectivity index (χ1n) is 6.83. The molecule has 0 radical (unpaired) electrons. The molecule has 3 heterocycles. The minimum absolute atomic E-state index is 0.212. The summed E-state index contributed by atoms with van der Waals surface area (Å²) in [7, 11) is 0. The molecule has 0 spiro atoms. The highest BCUT2D eigenvalue weighted by Gasteiger charge is 2.18. The van der Waals surface area contributed by atoms with Gasteiger partial charge in [0.2, 0.25) is 0 Å². The largest absolute Gasteiger partial charge is 0.472 e. The van der Waals surface area contributed by atoms with Crippen molar-refractivity contribution < 1.29 is 4.42 Å². The Balaban J connectivity index is 1.80. The quantitative estimate of drug-likeness (QED) is 0.911. The second-order valence-electron chi connectivity index (χ2n) is 4.99. The molecule has 1 fully saturated rings. The van der Waals surface area contributed by atoms with E-state index >= 15 is 0 Å². The Hall–Kier alpha value is -1.97. The normalized spacial score (nSPS) is 16.6. The molecule has 0 bridgehead atoms. The van der Waals surface area contributed by atoms with E-state index in [2.05, 4.69) is 28.2 Å². The van der Waals surface area contributed by atoms with Gasteiger partial charge in [0.15, 0.2) is 5.82 Å².